The maximum atomic E-state index is 11.2. The van der Waals surface area contributed by atoms with Crippen molar-refractivity contribution in [2.24, 2.45) is 5.10 Å². The molecular weight excluding hydrogens is 272 g/mol. The van der Waals surface area contributed by atoms with Crippen molar-refractivity contribution in [2.75, 3.05) is 0 Å². The summed E-state index contributed by atoms with van der Waals surface area (Å²) in [6, 6.07) is 10.1. The number of carboxylic acid groups (broad SMARTS) is 1. The van der Waals surface area contributed by atoms with E-state index in [1.165, 1.54) is 29.6 Å². The van der Waals surface area contributed by atoms with Gasteiger partial charge in [-0.3, -0.25) is 0 Å². The van der Waals surface area contributed by atoms with Crippen LogP contribution in [-0.4, -0.2) is 32.2 Å². The van der Waals surface area contributed by atoms with Crippen LogP contribution in [-0.2, 0) is 0 Å². The second-order valence-electron chi connectivity index (χ2n) is 4.14. The highest BCUT2D eigenvalue weighted by atomic mass is 16.4. The van der Waals surface area contributed by atoms with Crippen molar-refractivity contribution < 1.29 is 14.3 Å². The van der Waals surface area contributed by atoms with Crippen LogP contribution in [0, 0.1) is 0 Å². The Morgan fingerprint density at radius 3 is 2.71 bits per heavy atom. The van der Waals surface area contributed by atoms with E-state index in [4.69, 9.17) is 4.42 Å². The van der Waals surface area contributed by atoms with Crippen molar-refractivity contribution in [2.45, 2.75) is 0 Å². The third kappa shape index (κ3) is 2.71. The fraction of sp³-hybridized carbons (Fsp3) is 0. The zero-order valence-corrected chi connectivity index (χ0v) is 10.7. The van der Waals surface area contributed by atoms with Crippen molar-refractivity contribution in [1.82, 2.24) is 14.9 Å². The smallest absolute Gasteiger partial charge is 0.336 e. The van der Waals surface area contributed by atoms with E-state index in [1.807, 2.05) is 0 Å². The Labute approximate surface area is 119 Å². The second-order valence-corrected chi connectivity index (χ2v) is 4.14. The molecule has 7 nitrogen and oxygen atoms in total. The minimum Gasteiger partial charge on any atom is -0.478 e. The standard InChI is InChI=1S/C14H10N4O3/c19-14(20)12-4-2-1-3-11(12)13-6-5-10(21-13)7-17-18-8-15-16-9-18/h1-9H,(H,19,20)/b17-7+. The normalized spacial score (nSPS) is 11.0. The Morgan fingerprint density at radius 1 is 1.19 bits per heavy atom. The molecule has 2 aromatic heterocycles. The summed E-state index contributed by atoms with van der Waals surface area (Å²) in [6.45, 7) is 0. The van der Waals surface area contributed by atoms with Crippen molar-refractivity contribution in [3.8, 4) is 11.3 Å². The first kappa shape index (κ1) is 12.8. The van der Waals surface area contributed by atoms with Crippen LogP contribution in [0.15, 0.2) is 58.6 Å². The van der Waals surface area contributed by atoms with Crippen LogP contribution in [0.5, 0.6) is 0 Å². The summed E-state index contributed by atoms with van der Waals surface area (Å²) in [5, 5.41) is 20.5. The van der Waals surface area contributed by atoms with Crippen LogP contribution in [0.4, 0.5) is 0 Å². The predicted molar refractivity (Wildman–Crippen MR) is 74.1 cm³/mol. The molecule has 0 bridgehead atoms. The van der Waals surface area contributed by atoms with Crippen molar-refractivity contribution in [3.05, 3.63) is 60.4 Å². The Balaban J connectivity index is 1.90. The Bertz CT molecular complexity index is 790. The maximum Gasteiger partial charge on any atom is 0.336 e. The van der Waals surface area contributed by atoms with Gasteiger partial charge in [0.25, 0.3) is 0 Å². The molecule has 0 aliphatic carbocycles. The van der Waals surface area contributed by atoms with Crippen LogP contribution in [0.3, 0.4) is 0 Å². The van der Waals surface area contributed by atoms with Gasteiger partial charge in [0.05, 0.1) is 11.8 Å². The second kappa shape index (κ2) is 5.41. The molecule has 1 N–H and O–H groups in total. The number of hydrogen-bond donors (Lipinski definition) is 1. The number of carbonyl (C=O) groups is 1. The molecule has 0 fully saturated rings. The molecule has 3 rings (SSSR count). The number of carboxylic acids is 1. The molecule has 0 amide bonds. The van der Waals surface area contributed by atoms with Crippen molar-refractivity contribution in [1.29, 1.82) is 0 Å². The number of benzene rings is 1. The molecule has 0 saturated carbocycles. The highest BCUT2D eigenvalue weighted by Crippen LogP contribution is 2.25. The van der Waals surface area contributed by atoms with Crippen LogP contribution in [0.2, 0.25) is 0 Å². The van der Waals surface area contributed by atoms with Gasteiger partial charge in [0.1, 0.15) is 24.2 Å². The van der Waals surface area contributed by atoms with Crippen LogP contribution < -0.4 is 0 Å². The summed E-state index contributed by atoms with van der Waals surface area (Å²) in [7, 11) is 0. The van der Waals surface area contributed by atoms with Gasteiger partial charge in [0, 0.05) is 5.56 Å². The Hall–Kier alpha value is -3.22. The lowest BCUT2D eigenvalue weighted by Gasteiger charge is -2.01. The van der Waals surface area contributed by atoms with E-state index in [-0.39, 0.29) is 5.56 Å². The minimum absolute atomic E-state index is 0.189. The fourth-order valence-corrected chi connectivity index (χ4v) is 1.83. The van der Waals surface area contributed by atoms with Gasteiger partial charge >= 0.3 is 5.97 Å². The topological polar surface area (TPSA) is 93.5 Å². The SMILES string of the molecule is O=C(O)c1ccccc1-c1ccc(/C=N/n2cnnc2)o1. The third-order valence-corrected chi connectivity index (χ3v) is 2.77. The molecule has 0 atom stereocenters. The quantitative estimate of drug-likeness (QED) is 0.740. The molecule has 7 heteroatoms. The highest BCUT2D eigenvalue weighted by Gasteiger charge is 2.13. The molecule has 0 aliphatic rings. The zero-order chi connectivity index (χ0) is 14.7. The molecule has 0 radical (unpaired) electrons. The van der Waals surface area contributed by atoms with Gasteiger partial charge in [-0.1, -0.05) is 18.2 Å². The number of rotatable bonds is 4. The molecule has 3 aromatic rings. The molecule has 0 saturated heterocycles. The lowest BCUT2D eigenvalue weighted by molar-refractivity contribution is 0.0697. The third-order valence-electron chi connectivity index (χ3n) is 2.77. The summed E-state index contributed by atoms with van der Waals surface area (Å²) >= 11 is 0. The van der Waals surface area contributed by atoms with E-state index in [9.17, 15) is 9.90 Å². The van der Waals surface area contributed by atoms with Gasteiger partial charge in [0.2, 0.25) is 0 Å². The maximum absolute atomic E-state index is 11.2. The summed E-state index contributed by atoms with van der Waals surface area (Å²) in [5.74, 6) is -0.0289. The lowest BCUT2D eigenvalue weighted by Crippen LogP contribution is -1.98. The predicted octanol–water partition coefficient (Wildman–Crippen LogP) is 2.12. The van der Waals surface area contributed by atoms with Gasteiger partial charge in [0.15, 0.2) is 0 Å². The first-order chi connectivity index (χ1) is 10.2. The Morgan fingerprint density at radius 2 is 1.95 bits per heavy atom. The first-order valence-electron chi connectivity index (χ1n) is 6.05. The summed E-state index contributed by atoms with van der Waals surface area (Å²) in [6.07, 6.45) is 4.39. The van der Waals surface area contributed by atoms with Crippen LogP contribution in [0.25, 0.3) is 11.3 Å². The monoisotopic (exact) mass is 282 g/mol. The molecule has 21 heavy (non-hydrogen) atoms. The number of hydrogen-bond acceptors (Lipinski definition) is 5. The van der Waals surface area contributed by atoms with Gasteiger partial charge in [-0.25, -0.2) is 9.47 Å². The van der Waals surface area contributed by atoms with Crippen molar-refractivity contribution in [3.63, 3.8) is 0 Å². The van der Waals surface area contributed by atoms with Gasteiger partial charge < -0.3 is 9.52 Å². The Kier molecular flexibility index (Phi) is 3.30. The van der Waals surface area contributed by atoms with Crippen LogP contribution in [0.1, 0.15) is 16.1 Å². The molecular formula is C14H10N4O3. The van der Waals surface area contributed by atoms with Crippen LogP contribution >= 0.6 is 0 Å². The van der Waals surface area contributed by atoms with Gasteiger partial charge in [-0.2, -0.15) is 5.10 Å². The highest BCUT2D eigenvalue weighted by molar-refractivity contribution is 5.95. The lowest BCUT2D eigenvalue weighted by atomic mass is 10.1. The van der Waals surface area contributed by atoms with Crippen molar-refractivity contribution >= 4 is 12.2 Å². The fourth-order valence-electron chi connectivity index (χ4n) is 1.83. The van der Waals surface area contributed by atoms with E-state index < -0.39 is 5.97 Å². The minimum atomic E-state index is -0.998. The van der Waals surface area contributed by atoms with E-state index in [2.05, 4.69) is 15.3 Å². The summed E-state index contributed by atoms with van der Waals surface area (Å²) in [4.78, 5) is 11.2. The summed E-state index contributed by atoms with van der Waals surface area (Å²) < 4.78 is 7.02. The van der Waals surface area contributed by atoms with Gasteiger partial charge in [-0.15, -0.1) is 10.2 Å². The number of aromatic carboxylic acids is 1. The number of furan rings is 1. The number of aromatic nitrogens is 3. The van der Waals surface area contributed by atoms with E-state index in [0.717, 1.165) is 0 Å². The van der Waals surface area contributed by atoms with E-state index in [1.54, 1.807) is 30.3 Å². The molecule has 0 spiro atoms. The average molecular weight is 282 g/mol. The van der Waals surface area contributed by atoms with E-state index in [0.29, 0.717) is 17.1 Å². The molecule has 104 valence electrons. The molecule has 0 aliphatic heterocycles. The van der Waals surface area contributed by atoms with Gasteiger partial charge in [-0.05, 0) is 18.2 Å². The first-order valence-corrected chi connectivity index (χ1v) is 6.05. The number of nitrogens with zero attached hydrogens (tertiary/aromatic N) is 4. The molecule has 1 aromatic carbocycles. The van der Waals surface area contributed by atoms with E-state index >= 15 is 0 Å². The largest absolute Gasteiger partial charge is 0.478 e. The summed E-state index contributed by atoms with van der Waals surface area (Å²) in [5.41, 5.74) is 0.711. The molecule has 0 unspecified atom stereocenters. The molecule has 2 heterocycles. The zero-order valence-electron chi connectivity index (χ0n) is 10.7. The average Bonchev–Trinajstić information content (AvgIpc) is 3.16.